The topological polar surface area (TPSA) is 15.3 Å². The maximum Gasteiger partial charge on any atom is 0.0428 e. The molecule has 1 unspecified atom stereocenters. The molecule has 0 aromatic heterocycles. The van der Waals surface area contributed by atoms with E-state index >= 15 is 0 Å². The van der Waals surface area contributed by atoms with Gasteiger partial charge in [-0.1, -0.05) is 35.8 Å². The minimum Gasteiger partial charge on any atom is -0.368 e. The molecule has 1 fully saturated rings. The first-order valence-electron chi connectivity index (χ1n) is 7.96. The Balaban J connectivity index is 2.26. The third-order valence-corrected chi connectivity index (χ3v) is 4.41. The number of hydrogen-bond donors (Lipinski definition) is 1. The predicted octanol–water partition coefficient (Wildman–Crippen LogP) is 4.89. The van der Waals surface area contributed by atoms with E-state index in [1.165, 1.54) is 41.4 Å². The Kier molecular flexibility index (Phi) is 5.91. The summed E-state index contributed by atoms with van der Waals surface area (Å²) in [7, 11) is 0. The second-order valence-corrected chi connectivity index (χ2v) is 6.72. The van der Waals surface area contributed by atoms with Crippen LogP contribution in [0.15, 0.2) is 22.7 Å². The number of nitrogens with zero attached hydrogens (tertiary/aromatic N) is 1. The van der Waals surface area contributed by atoms with Gasteiger partial charge in [0.2, 0.25) is 0 Å². The largest absolute Gasteiger partial charge is 0.368 e. The Morgan fingerprint density at radius 1 is 1.30 bits per heavy atom. The van der Waals surface area contributed by atoms with Gasteiger partial charge in [0.1, 0.15) is 0 Å². The van der Waals surface area contributed by atoms with Gasteiger partial charge in [-0.2, -0.15) is 0 Å². The molecule has 0 bridgehead atoms. The Labute approximate surface area is 132 Å². The van der Waals surface area contributed by atoms with E-state index in [0.717, 1.165) is 19.1 Å². The van der Waals surface area contributed by atoms with Crippen LogP contribution in [-0.4, -0.2) is 19.1 Å². The third kappa shape index (κ3) is 3.98. The van der Waals surface area contributed by atoms with E-state index in [9.17, 15) is 0 Å². The first-order chi connectivity index (χ1) is 9.67. The Bertz CT molecular complexity index is 429. The number of rotatable bonds is 8. The molecule has 1 aromatic carbocycles. The van der Waals surface area contributed by atoms with E-state index in [1.54, 1.807) is 0 Å². The summed E-state index contributed by atoms with van der Waals surface area (Å²) in [6.07, 6.45) is 5.09. The highest BCUT2D eigenvalue weighted by molar-refractivity contribution is 9.10. The Morgan fingerprint density at radius 2 is 2.05 bits per heavy atom. The summed E-state index contributed by atoms with van der Waals surface area (Å²) >= 11 is 3.64. The van der Waals surface area contributed by atoms with Gasteiger partial charge in [0, 0.05) is 28.8 Å². The van der Waals surface area contributed by atoms with E-state index < -0.39 is 0 Å². The second kappa shape index (κ2) is 7.46. The summed E-state index contributed by atoms with van der Waals surface area (Å²) < 4.78 is 1.18. The second-order valence-electron chi connectivity index (χ2n) is 5.80. The zero-order chi connectivity index (χ0) is 14.5. The van der Waals surface area contributed by atoms with Gasteiger partial charge in [-0.15, -0.1) is 0 Å². The summed E-state index contributed by atoms with van der Waals surface area (Å²) in [6, 6.07) is 7.92. The lowest BCUT2D eigenvalue weighted by Crippen LogP contribution is -2.29. The molecular weight excluding hydrogens is 312 g/mol. The van der Waals surface area contributed by atoms with Crippen molar-refractivity contribution < 1.29 is 0 Å². The van der Waals surface area contributed by atoms with Crippen LogP contribution in [0.3, 0.4) is 0 Å². The van der Waals surface area contributed by atoms with Crippen LogP contribution in [0.2, 0.25) is 0 Å². The summed E-state index contributed by atoms with van der Waals surface area (Å²) in [5.74, 6) is 0. The maximum absolute atomic E-state index is 3.64. The van der Waals surface area contributed by atoms with Gasteiger partial charge in [-0.05, 0) is 56.8 Å². The molecule has 0 saturated heterocycles. The summed E-state index contributed by atoms with van der Waals surface area (Å²) in [6.45, 7) is 9.00. The number of nitrogens with one attached hydrogen (secondary N) is 1. The quantitative estimate of drug-likeness (QED) is 0.725. The fourth-order valence-electron chi connectivity index (χ4n) is 2.73. The van der Waals surface area contributed by atoms with Crippen LogP contribution in [-0.2, 0) is 0 Å². The number of hydrogen-bond acceptors (Lipinski definition) is 2. The van der Waals surface area contributed by atoms with Crippen molar-refractivity contribution in [1.29, 1.82) is 0 Å². The number of benzene rings is 1. The van der Waals surface area contributed by atoms with Crippen LogP contribution in [0.1, 0.15) is 58.1 Å². The summed E-state index contributed by atoms with van der Waals surface area (Å²) in [5, 5.41) is 3.62. The molecule has 20 heavy (non-hydrogen) atoms. The zero-order valence-corrected chi connectivity index (χ0v) is 14.5. The highest BCUT2D eigenvalue weighted by Gasteiger charge is 2.30. The smallest absolute Gasteiger partial charge is 0.0428 e. The summed E-state index contributed by atoms with van der Waals surface area (Å²) in [4.78, 5) is 2.62. The molecule has 2 nitrogen and oxygen atoms in total. The van der Waals surface area contributed by atoms with Crippen molar-refractivity contribution >= 4 is 21.6 Å². The van der Waals surface area contributed by atoms with Crippen molar-refractivity contribution in [1.82, 2.24) is 5.32 Å². The SMILES string of the molecule is CCCNC(C)c1ccc(Br)cc1N(CCC)C1CC1. The lowest BCUT2D eigenvalue weighted by Gasteiger charge is -2.29. The lowest BCUT2D eigenvalue weighted by molar-refractivity contribution is 0.568. The molecule has 0 radical (unpaired) electrons. The molecule has 1 saturated carbocycles. The minimum atomic E-state index is 0.413. The first-order valence-corrected chi connectivity index (χ1v) is 8.76. The fraction of sp³-hybridized carbons (Fsp3) is 0.647. The van der Waals surface area contributed by atoms with Crippen LogP contribution in [0, 0.1) is 0 Å². The van der Waals surface area contributed by atoms with E-state index in [2.05, 4.69) is 65.1 Å². The van der Waals surface area contributed by atoms with Crippen LogP contribution in [0.5, 0.6) is 0 Å². The van der Waals surface area contributed by atoms with Gasteiger partial charge in [-0.3, -0.25) is 0 Å². The van der Waals surface area contributed by atoms with E-state index in [1.807, 2.05) is 0 Å². The molecule has 1 aliphatic carbocycles. The standard InChI is InChI=1S/C17H27BrN2/c1-4-10-19-13(3)16-9-6-14(18)12-17(16)20(11-5-2)15-7-8-15/h6,9,12-13,15,19H,4-5,7-8,10-11H2,1-3H3. The average molecular weight is 339 g/mol. The highest BCUT2D eigenvalue weighted by atomic mass is 79.9. The van der Waals surface area contributed by atoms with E-state index in [4.69, 9.17) is 0 Å². The maximum atomic E-state index is 3.64. The van der Waals surface area contributed by atoms with Crippen LogP contribution >= 0.6 is 15.9 Å². The third-order valence-electron chi connectivity index (χ3n) is 3.92. The lowest BCUT2D eigenvalue weighted by atomic mass is 10.0. The molecule has 0 heterocycles. The molecule has 1 atom stereocenters. The summed E-state index contributed by atoms with van der Waals surface area (Å²) in [5.41, 5.74) is 2.85. The van der Waals surface area contributed by atoms with Crippen LogP contribution < -0.4 is 10.2 Å². The van der Waals surface area contributed by atoms with E-state index in [0.29, 0.717) is 6.04 Å². The Morgan fingerprint density at radius 3 is 2.65 bits per heavy atom. The molecule has 0 spiro atoms. The molecule has 2 rings (SSSR count). The normalized spacial score (nSPS) is 16.2. The van der Waals surface area contributed by atoms with Crippen LogP contribution in [0.25, 0.3) is 0 Å². The first kappa shape index (κ1) is 15.8. The molecule has 112 valence electrons. The monoisotopic (exact) mass is 338 g/mol. The van der Waals surface area contributed by atoms with E-state index in [-0.39, 0.29) is 0 Å². The molecule has 1 N–H and O–H groups in total. The van der Waals surface area contributed by atoms with Crippen molar-refractivity contribution in [2.45, 2.75) is 58.5 Å². The van der Waals surface area contributed by atoms with Gasteiger partial charge in [0.05, 0.1) is 0 Å². The average Bonchev–Trinajstić information content (AvgIpc) is 3.26. The Hall–Kier alpha value is -0.540. The zero-order valence-electron chi connectivity index (χ0n) is 13.0. The van der Waals surface area contributed by atoms with Crippen molar-refractivity contribution in [2.75, 3.05) is 18.0 Å². The van der Waals surface area contributed by atoms with Gasteiger partial charge < -0.3 is 10.2 Å². The molecule has 1 aromatic rings. The van der Waals surface area contributed by atoms with Gasteiger partial charge in [0.15, 0.2) is 0 Å². The van der Waals surface area contributed by atoms with Crippen molar-refractivity contribution in [2.24, 2.45) is 0 Å². The van der Waals surface area contributed by atoms with Crippen molar-refractivity contribution in [3.8, 4) is 0 Å². The number of anilines is 1. The minimum absolute atomic E-state index is 0.413. The molecular formula is C17H27BrN2. The molecule has 0 aliphatic heterocycles. The van der Waals surface area contributed by atoms with Gasteiger partial charge in [0.25, 0.3) is 0 Å². The van der Waals surface area contributed by atoms with Crippen molar-refractivity contribution in [3.63, 3.8) is 0 Å². The predicted molar refractivity (Wildman–Crippen MR) is 91.5 cm³/mol. The highest BCUT2D eigenvalue weighted by Crippen LogP contribution is 2.37. The van der Waals surface area contributed by atoms with Crippen molar-refractivity contribution in [3.05, 3.63) is 28.2 Å². The van der Waals surface area contributed by atoms with Gasteiger partial charge in [-0.25, -0.2) is 0 Å². The molecule has 1 aliphatic rings. The van der Waals surface area contributed by atoms with Gasteiger partial charge >= 0.3 is 0 Å². The number of halogens is 1. The molecule has 0 amide bonds. The van der Waals surface area contributed by atoms with Crippen LogP contribution in [0.4, 0.5) is 5.69 Å². The fourth-order valence-corrected chi connectivity index (χ4v) is 3.08. The molecule has 3 heteroatoms.